The summed E-state index contributed by atoms with van der Waals surface area (Å²) in [6.45, 7) is 0. The van der Waals surface area contributed by atoms with Gasteiger partial charge < -0.3 is 5.32 Å². The number of carbonyl (C=O) groups is 1. The highest BCUT2D eigenvalue weighted by atomic mass is 32.2. The van der Waals surface area contributed by atoms with E-state index in [1.807, 2.05) is 0 Å². The van der Waals surface area contributed by atoms with Crippen LogP contribution in [0.15, 0.2) is 53.6 Å². The molecule has 0 aliphatic rings. The average Bonchev–Trinajstić information content (AvgIpc) is 2.39. The van der Waals surface area contributed by atoms with Gasteiger partial charge in [0.25, 0.3) is 0 Å². The van der Waals surface area contributed by atoms with E-state index < -0.39 is 0 Å². The van der Waals surface area contributed by atoms with Gasteiger partial charge in [-0.05, 0) is 36.4 Å². The van der Waals surface area contributed by atoms with Crippen molar-refractivity contribution >= 4 is 23.5 Å². The minimum absolute atomic E-state index is 0.136. The van der Waals surface area contributed by atoms with Crippen LogP contribution in [0.1, 0.15) is 0 Å². The Morgan fingerprint density at radius 3 is 2.67 bits per heavy atom. The van der Waals surface area contributed by atoms with Gasteiger partial charge in [0.2, 0.25) is 5.91 Å². The number of nitrogens with one attached hydrogen (secondary N) is 1. The highest BCUT2D eigenvalue weighted by molar-refractivity contribution is 8.00. The summed E-state index contributed by atoms with van der Waals surface area (Å²) in [5.41, 5.74) is 0. The fourth-order valence-electron chi connectivity index (χ4n) is 1.30. The number of aromatic nitrogens is 1. The maximum absolute atomic E-state index is 12.7. The summed E-state index contributed by atoms with van der Waals surface area (Å²) >= 11 is 1.35. The van der Waals surface area contributed by atoms with Crippen LogP contribution in [0.4, 0.5) is 10.2 Å². The first-order chi connectivity index (χ1) is 8.74. The van der Waals surface area contributed by atoms with Crippen LogP contribution in [-0.2, 0) is 4.79 Å². The Hall–Kier alpha value is -1.88. The minimum atomic E-state index is -0.280. The first-order valence-electron chi connectivity index (χ1n) is 5.33. The minimum Gasteiger partial charge on any atom is -0.310 e. The number of anilines is 1. The second-order valence-electron chi connectivity index (χ2n) is 3.51. The number of halogens is 1. The first-order valence-corrected chi connectivity index (χ1v) is 6.32. The van der Waals surface area contributed by atoms with Crippen LogP contribution in [-0.4, -0.2) is 16.6 Å². The van der Waals surface area contributed by atoms with Crippen molar-refractivity contribution in [3.05, 3.63) is 54.5 Å². The molecule has 1 amide bonds. The number of thioether (sulfide) groups is 1. The van der Waals surface area contributed by atoms with Crippen molar-refractivity contribution in [3.8, 4) is 0 Å². The number of nitrogens with zero attached hydrogens (tertiary/aromatic N) is 1. The predicted molar refractivity (Wildman–Crippen MR) is 70.0 cm³/mol. The number of amides is 1. The van der Waals surface area contributed by atoms with E-state index in [4.69, 9.17) is 0 Å². The summed E-state index contributed by atoms with van der Waals surface area (Å²) in [6, 6.07) is 11.3. The van der Waals surface area contributed by atoms with Gasteiger partial charge in [-0.2, -0.15) is 0 Å². The van der Waals surface area contributed by atoms with Crippen LogP contribution < -0.4 is 5.32 Å². The quantitative estimate of drug-likeness (QED) is 0.861. The van der Waals surface area contributed by atoms with Crippen molar-refractivity contribution in [1.82, 2.24) is 4.98 Å². The van der Waals surface area contributed by atoms with E-state index in [2.05, 4.69) is 10.3 Å². The van der Waals surface area contributed by atoms with Gasteiger partial charge in [0.05, 0.1) is 5.75 Å². The molecule has 1 aromatic carbocycles. The number of rotatable bonds is 4. The van der Waals surface area contributed by atoms with E-state index in [1.165, 1.54) is 23.9 Å². The van der Waals surface area contributed by atoms with E-state index in [9.17, 15) is 9.18 Å². The molecule has 0 radical (unpaired) electrons. The fraction of sp³-hybridized carbons (Fsp3) is 0.0769. The molecule has 0 fully saturated rings. The number of benzene rings is 1. The molecule has 2 aromatic rings. The molecular weight excluding hydrogens is 251 g/mol. The van der Waals surface area contributed by atoms with Crippen molar-refractivity contribution in [3.63, 3.8) is 0 Å². The van der Waals surface area contributed by atoms with Crippen LogP contribution in [0.5, 0.6) is 0 Å². The van der Waals surface area contributed by atoms with Crippen molar-refractivity contribution < 1.29 is 9.18 Å². The van der Waals surface area contributed by atoms with E-state index in [1.54, 1.807) is 36.5 Å². The number of carbonyl (C=O) groups excluding carboxylic acids is 1. The molecule has 1 aromatic heterocycles. The van der Waals surface area contributed by atoms with Crippen LogP contribution in [0.2, 0.25) is 0 Å². The third kappa shape index (κ3) is 3.85. The molecular formula is C13H11FN2OS. The zero-order chi connectivity index (χ0) is 12.8. The SMILES string of the molecule is O=C(CSc1ccc(F)cc1)Nc1ccccn1. The molecule has 0 aliphatic heterocycles. The summed E-state index contributed by atoms with van der Waals surface area (Å²) < 4.78 is 12.7. The fourth-order valence-corrected chi connectivity index (χ4v) is 1.99. The second kappa shape index (κ2) is 6.16. The van der Waals surface area contributed by atoms with Gasteiger partial charge in [0, 0.05) is 11.1 Å². The summed E-state index contributed by atoms with van der Waals surface area (Å²) in [5, 5.41) is 2.68. The van der Waals surface area contributed by atoms with Crippen molar-refractivity contribution in [2.45, 2.75) is 4.90 Å². The highest BCUT2D eigenvalue weighted by Gasteiger charge is 2.04. The second-order valence-corrected chi connectivity index (χ2v) is 4.55. The molecule has 0 saturated heterocycles. The maximum atomic E-state index is 12.7. The third-order valence-electron chi connectivity index (χ3n) is 2.12. The molecule has 1 N–H and O–H groups in total. The van der Waals surface area contributed by atoms with Crippen molar-refractivity contribution in [2.24, 2.45) is 0 Å². The van der Waals surface area contributed by atoms with Gasteiger partial charge >= 0.3 is 0 Å². The lowest BCUT2D eigenvalue weighted by atomic mass is 10.4. The molecule has 0 bridgehead atoms. The Balaban J connectivity index is 1.83. The van der Waals surface area contributed by atoms with E-state index in [-0.39, 0.29) is 17.5 Å². The molecule has 3 nitrogen and oxygen atoms in total. The van der Waals surface area contributed by atoms with Gasteiger partial charge in [-0.3, -0.25) is 4.79 Å². The van der Waals surface area contributed by atoms with Crippen LogP contribution in [0.25, 0.3) is 0 Å². The Labute approximate surface area is 108 Å². The van der Waals surface area contributed by atoms with Crippen molar-refractivity contribution in [1.29, 1.82) is 0 Å². The monoisotopic (exact) mass is 262 g/mol. The number of pyridine rings is 1. The third-order valence-corrected chi connectivity index (χ3v) is 3.13. The predicted octanol–water partition coefficient (Wildman–Crippen LogP) is 2.95. The van der Waals surface area contributed by atoms with E-state index in [0.717, 1.165) is 4.90 Å². The van der Waals surface area contributed by atoms with E-state index >= 15 is 0 Å². The van der Waals surface area contributed by atoms with Gasteiger partial charge in [0.15, 0.2) is 0 Å². The van der Waals surface area contributed by atoms with Gasteiger partial charge in [-0.15, -0.1) is 11.8 Å². The molecule has 5 heteroatoms. The zero-order valence-electron chi connectivity index (χ0n) is 9.47. The normalized spacial score (nSPS) is 10.1. The lowest BCUT2D eigenvalue weighted by Gasteiger charge is -2.03. The van der Waals surface area contributed by atoms with E-state index in [0.29, 0.717) is 5.82 Å². The summed E-state index contributed by atoms with van der Waals surface area (Å²) in [4.78, 5) is 16.5. The van der Waals surface area contributed by atoms with Crippen LogP contribution in [0, 0.1) is 5.82 Å². The smallest absolute Gasteiger partial charge is 0.235 e. The topological polar surface area (TPSA) is 42.0 Å². The molecule has 0 aliphatic carbocycles. The lowest BCUT2D eigenvalue weighted by Crippen LogP contribution is -2.14. The molecule has 2 rings (SSSR count). The van der Waals surface area contributed by atoms with Gasteiger partial charge in [0.1, 0.15) is 11.6 Å². The Morgan fingerprint density at radius 1 is 1.22 bits per heavy atom. The maximum Gasteiger partial charge on any atom is 0.235 e. The first kappa shape index (κ1) is 12.6. The molecule has 18 heavy (non-hydrogen) atoms. The number of hydrogen-bond donors (Lipinski definition) is 1. The molecule has 0 unspecified atom stereocenters. The molecule has 92 valence electrons. The molecule has 1 heterocycles. The Kier molecular flexibility index (Phi) is 4.30. The standard InChI is InChI=1S/C13H11FN2OS/c14-10-4-6-11(7-5-10)18-9-13(17)16-12-3-1-2-8-15-12/h1-8H,9H2,(H,15,16,17). The van der Waals surface area contributed by atoms with Crippen molar-refractivity contribution in [2.75, 3.05) is 11.1 Å². The zero-order valence-corrected chi connectivity index (χ0v) is 10.3. The average molecular weight is 262 g/mol. The van der Waals surface area contributed by atoms with Gasteiger partial charge in [-0.1, -0.05) is 6.07 Å². The summed E-state index contributed by atoms with van der Waals surface area (Å²) in [6.07, 6.45) is 1.61. The molecule has 0 spiro atoms. The van der Waals surface area contributed by atoms with Crippen LogP contribution >= 0.6 is 11.8 Å². The highest BCUT2D eigenvalue weighted by Crippen LogP contribution is 2.18. The Bertz CT molecular complexity index is 516. The summed E-state index contributed by atoms with van der Waals surface area (Å²) in [5.74, 6) is 0.380. The molecule has 0 saturated carbocycles. The molecule has 0 atom stereocenters. The Morgan fingerprint density at radius 2 is 2.00 bits per heavy atom. The largest absolute Gasteiger partial charge is 0.310 e. The number of hydrogen-bond acceptors (Lipinski definition) is 3. The lowest BCUT2D eigenvalue weighted by molar-refractivity contribution is -0.113. The van der Waals surface area contributed by atoms with Crippen LogP contribution in [0.3, 0.4) is 0 Å². The van der Waals surface area contributed by atoms with Gasteiger partial charge in [-0.25, -0.2) is 9.37 Å². The summed E-state index contributed by atoms with van der Waals surface area (Å²) in [7, 11) is 0.